The number of nitrogens with zero attached hydrogens (tertiary/aromatic N) is 3. The number of carbonyl (C=O) groups is 1. The summed E-state index contributed by atoms with van der Waals surface area (Å²) in [6.07, 6.45) is 5.87. The first-order chi connectivity index (χ1) is 13.2. The summed E-state index contributed by atoms with van der Waals surface area (Å²) in [6, 6.07) is 7.72. The number of amides is 1. The standard InChI is InChI=1S/C19H26N4O3S/c1-23-17(12-26-16-10-8-15(25-2)9-11-16)21-22-19(23)27-13-18(24)20-14-6-4-3-5-7-14/h8-11,14H,3-7,12-13H2,1-2H3,(H,20,24). The maximum atomic E-state index is 12.1. The Balaban J connectivity index is 1.46. The van der Waals surface area contributed by atoms with Gasteiger partial charge in [-0.2, -0.15) is 0 Å². The van der Waals surface area contributed by atoms with Crippen LogP contribution in [0.5, 0.6) is 11.5 Å². The molecule has 0 unspecified atom stereocenters. The van der Waals surface area contributed by atoms with E-state index in [2.05, 4.69) is 15.5 Å². The van der Waals surface area contributed by atoms with Gasteiger partial charge < -0.3 is 19.4 Å². The normalized spacial score (nSPS) is 14.7. The number of thioether (sulfide) groups is 1. The Kier molecular flexibility index (Phi) is 6.98. The van der Waals surface area contributed by atoms with Gasteiger partial charge in [-0.15, -0.1) is 10.2 Å². The molecule has 0 bridgehead atoms. The fraction of sp³-hybridized carbons (Fsp3) is 0.526. The maximum absolute atomic E-state index is 12.1. The van der Waals surface area contributed by atoms with Crippen LogP contribution >= 0.6 is 11.8 Å². The van der Waals surface area contributed by atoms with Crippen LogP contribution < -0.4 is 14.8 Å². The van der Waals surface area contributed by atoms with Gasteiger partial charge >= 0.3 is 0 Å². The van der Waals surface area contributed by atoms with Gasteiger partial charge in [0.05, 0.1) is 12.9 Å². The second-order valence-electron chi connectivity index (χ2n) is 6.61. The van der Waals surface area contributed by atoms with Crippen LogP contribution in [0.2, 0.25) is 0 Å². The van der Waals surface area contributed by atoms with E-state index in [1.165, 1.54) is 31.0 Å². The van der Waals surface area contributed by atoms with Crippen LogP contribution in [-0.4, -0.2) is 39.6 Å². The lowest BCUT2D eigenvalue weighted by atomic mass is 9.95. The molecule has 1 N–H and O–H groups in total. The number of methoxy groups -OCH3 is 1. The van der Waals surface area contributed by atoms with Crippen molar-refractivity contribution in [3.8, 4) is 11.5 Å². The molecule has 7 nitrogen and oxygen atoms in total. The molecule has 0 radical (unpaired) electrons. The fourth-order valence-corrected chi connectivity index (χ4v) is 3.80. The second-order valence-corrected chi connectivity index (χ2v) is 7.56. The van der Waals surface area contributed by atoms with Crippen molar-refractivity contribution in [3.05, 3.63) is 30.1 Å². The first-order valence-corrected chi connectivity index (χ1v) is 10.2. The number of hydrogen-bond acceptors (Lipinski definition) is 6. The minimum Gasteiger partial charge on any atom is -0.497 e. The molecule has 0 aliphatic heterocycles. The summed E-state index contributed by atoms with van der Waals surface area (Å²) in [5.41, 5.74) is 0. The Morgan fingerprint density at radius 1 is 1.19 bits per heavy atom. The quantitative estimate of drug-likeness (QED) is 0.698. The van der Waals surface area contributed by atoms with Crippen molar-refractivity contribution in [2.45, 2.75) is 49.9 Å². The van der Waals surface area contributed by atoms with E-state index in [0.29, 0.717) is 29.4 Å². The molecule has 1 fully saturated rings. The zero-order valence-electron chi connectivity index (χ0n) is 15.8. The molecule has 0 atom stereocenters. The van der Waals surface area contributed by atoms with Crippen LogP contribution in [0, 0.1) is 0 Å². The summed E-state index contributed by atoms with van der Waals surface area (Å²) < 4.78 is 12.7. The Hall–Kier alpha value is -2.22. The van der Waals surface area contributed by atoms with Crippen LogP contribution in [-0.2, 0) is 18.4 Å². The van der Waals surface area contributed by atoms with Crippen molar-refractivity contribution < 1.29 is 14.3 Å². The molecular weight excluding hydrogens is 364 g/mol. The number of ether oxygens (including phenoxy) is 2. The maximum Gasteiger partial charge on any atom is 0.230 e. The van der Waals surface area contributed by atoms with E-state index in [1.54, 1.807) is 7.11 Å². The highest BCUT2D eigenvalue weighted by atomic mass is 32.2. The molecule has 0 spiro atoms. The fourth-order valence-electron chi connectivity index (χ4n) is 3.06. The van der Waals surface area contributed by atoms with Gasteiger partial charge in [0.25, 0.3) is 0 Å². The predicted molar refractivity (Wildman–Crippen MR) is 104 cm³/mol. The summed E-state index contributed by atoms with van der Waals surface area (Å²) in [6.45, 7) is 0.310. The molecule has 1 saturated carbocycles. The van der Waals surface area contributed by atoms with Crippen LogP contribution in [0.3, 0.4) is 0 Å². The Morgan fingerprint density at radius 3 is 2.59 bits per heavy atom. The lowest BCUT2D eigenvalue weighted by Crippen LogP contribution is -2.37. The smallest absolute Gasteiger partial charge is 0.230 e. The number of carbonyl (C=O) groups excluding carboxylic acids is 1. The molecular formula is C19H26N4O3S. The van der Waals surface area contributed by atoms with Gasteiger partial charge in [0.15, 0.2) is 11.0 Å². The number of aromatic nitrogens is 3. The van der Waals surface area contributed by atoms with Crippen LogP contribution in [0.1, 0.15) is 37.9 Å². The highest BCUT2D eigenvalue weighted by Crippen LogP contribution is 2.20. The minimum absolute atomic E-state index is 0.0610. The Morgan fingerprint density at radius 2 is 1.89 bits per heavy atom. The molecule has 1 aromatic heterocycles. The zero-order chi connectivity index (χ0) is 19.1. The average Bonchev–Trinajstić information content (AvgIpc) is 3.05. The molecule has 1 aliphatic rings. The molecule has 1 aliphatic carbocycles. The van der Waals surface area contributed by atoms with E-state index in [-0.39, 0.29) is 5.91 Å². The predicted octanol–water partition coefficient (Wildman–Crippen LogP) is 2.94. The van der Waals surface area contributed by atoms with Crippen molar-refractivity contribution in [3.63, 3.8) is 0 Å². The topological polar surface area (TPSA) is 78.3 Å². The zero-order valence-corrected chi connectivity index (χ0v) is 16.6. The van der Waals surface area contributed by atoms with Crippen molar-refractivity contribution in [1.82, 2.24) is 20.1 Å². The summed E-state index contributed by atoms with van der Waals surface area (Å²) in [5.74, 6) is 2.64. The van der Waals surface area contributed by atoms with Gasteiger partial charge in [0.1, 0.15) is 18.1 Å². The van der Waals surface area contributed by atoms with Crippen molar-refractivity contribution in [2.24, 2.45) is 7.05 Å². The van der Waals surface area contributed by atoms with Crippen LogP contribution in [0.4, 0.5) is 0 Å². The third-order valence-electron chi connectivity index (χ3n) is 4.66. The Labute approximate surface area is 163 Å². The summed E-state index contributed by atoms with van der Waals surface area (Å²) >= 11 is 1.40. The third-order valence-corrected chi connectivity index (χ3v) is 5.68. The lowest BCUT2D eigenvalue weighted by molar-refractivity contribution is -0.119. The summed E-state index contributed by atoms with van der Waals surface area (Å²) in [4.78, 5) is 12.1. The molecule has 0 saturated heterocycles. The van der Waals surface area contributed by atoms with Crippen LogP contribution in [0.15, 0.2) is 29.4 Å². The van der Waals surface area contributed by atoms with Crippen LogP contribution in [0.25, 0.3) is 0 Å². The van der Waals surface area contributed by atoms with Gasteiger partial charge in [-0.05, 0) is 37.1 Å². The minimum atomic E-state index is 0.0610. The molecule has 2 aromatic rings. The van der Waals surface area contributed by atoms with E-state index >= 15 is 0 Å². The SMILES string of the molecule is COc1ccc(OCc2nnc(SCC(=O)NC3CCCCC3)n2C)cc1. The summed E-state index contributed by atoms with van der Waals surface area (Å²) in [7, 11) is 3.51. The first kappa shape index (κ1) is 19.5. The first-order valence-electron chi connectivity index (χ1n) is 9.23. The monoisotopic (exact) mass is 390 g/mol. The number of nitrogens with one attached hydrogen (secondary N) is 1. The van der Waals surface area contributed by atoms with Gasteiger partial charge in [-0.1, -0.05) is 31.0 Å². The van der Waals surface area contributed by atoms with E-state index < -0.39 is 0 Å². The average molecular weight is 391 g/mol. The Bertz CT molecular complexity index is 742. The lowest BCUT2D eigenvalue weighted by Gasteiger charge is -2.22. The van der Waals surface area contributed by atoms with Crippen molar-refractivity contribution in [1.29, 1.82) is 0 Å². The van der Waals surface area contributed by atoms with E-state index in [9.17, 15) is 4.79 Å². The molecule has 1 amide bonds. The van der Waals surface area contributed by atoms with Gasteiger partial charge in [0.2, 0.25) is 5.91 Å². The van der Waals surface area contributed by atoms with Gasteiger partial charge in [-0.3, -0.25) is 4.79 Å². The largest absolute Gasteiger partial charge is 0.497 e. The molecule has 1 heterocycles. The van der Waals surface area contributed by atoms with Crippen molar-refractivity contribution in [2.75, 3.05) is 12.9 Å². The molecule has 3 rings (SSSR count). The van der Waals surface area contributed by atoms with Gasteiger partial charge in [-0.25, -0.2) is 0 Å². The number of rotatable bonds is 8. The molecule has 146 valence electrons. The number of benzene rings is 1. The highest BCUT2D eigenvalue weighted by Gasteiger charge is 2.17. The van der Waals surface area contributed by atoms with Crippen molar-refractivity contribution >= 4 is 17.7 Å². The molecule has 8 heteroatoms. The summed E-state index contributed by atoms with van der Waals surface area (Å²) in [5, 5.41) is 12.2. The van der Waals surface area contributed by atoms with E-state index in [4.69, 9.17) is 9.47 Å². The molecule has 27 heavy (non-hydrogen) atoms. The van der Waals surface area contributed by atoms with Gasteiger partial charge in [0, 0.05) is 13.1 Å². The number of hydrogen-bond donors (Lipinski definition) is 1. The highest BCUT2D eigenvalue weighted by molar-refractivity contribution is 7.99. The van der Waals surface area contributed by atoms with E-state index in [0.717, 1.165) is 24.3 Å². The van der Waals surface area contributed by atoms with E-state index in [1.807, 2.05) is 35.9 Å². The third kappa shape index (κ3) is 5.63. The molecule has 1 aromatic carbocycles. The second kappa shape index (κ2) is 9.64.